The van der Waals surface area contributed by atoms with Crippen molar-refractivity contribution in [2.45, 2.75) is 13.2 Å². The molecular formula is C14H12ClF2NO. The first-order valence-corrected chi connectivity index (χ1v) is 6.03. The van der Waals surface area contributed by atoms with Gasteiger partial charge in [0.25, 0.3) is 0 Å². The van der Waals surface area contributed by atoms with Crippen LogP contribution in [0.5, 0.6) is 5.75 Å². The van der Waals surface area contributed by atoms with E-state index in [0.29, 0.717) is 11.6 Å². The molecule has 0 fully saturated rings. The molecule has 0 aromatic heterocycles. The third kappa shape index (κ3) is 3.43. The quantitative estimate of drug-likeness (QED) is 0.929. The van der Waals surface area contributed by atoms with Crippen LogP contribution in [0, 0.1) is 11.6 Å². The van der Waals surface area contributed by atoms with E-state index in [-0.39, 0.29) is 12.4 Å². The van der Waals surface area contributed by atoms with Gasteiger partial charge in [0, 0.05) is 23.2 Å². The molecule has 19 heavy (non-hydrogen) atoms. The molecule has 2 nitrogen and oxygen atoms in total. The summed E-state index contributed by atoms with van der Waals surface area (Å²) < 4.78 is 31.1. The van der Waals surface area contributed by atoms with Crippen LogP contribution in [0.15, 0.2) is 36.4 Å². The zero-order chi connectivity index (χ0) is 13.8. The highest BCUT2D eigenvalue weighted by Gasteiger charge is 2.05. The summed E-state index contributed by atoms with van der Waals surface area (Å²) in [6, 6.07) is 8.77. The van der Waals surface area contributed by atoms with Crippen molar-refractivity contribution in [1.29, 1.82) is 0 Å². The average molecular weight is 284 g/mol. The molecule has 0 amide bonds. The van der Waals surface area contributed by atoms with Gasteiger partial charge >= 0.3 is 0 Å². The van der Waals surface area contributed by atoms with E-state index in [0.717, 1.165) is 23.3 Å². The Morgan fingerprint density at radius 1 is 1.05 bits per heavy atom. The fourth-order valence-corrected chi connectivity index (χ4v) is 1.82. The van der Waals surface area contributed by atoms with Crippen molar-refractivity contribution in [2.75, 3.05) is 0 Å². The summed E-state index contributed by atoms with van der Waals surface area (Å²) in [5.41, 5.74) is 7.17. The van der Waals surface area contributed by atoms with E-state index in [1.165, 1.54) is 6.07 Å². The lowest BCUT2D eigenvalue weighted by Crippen LogP contribution is -2.00. The van der Waals surface area contributed by atoms with Crippen LogP contribution in [0.4, 0.5) is 8.78 Å². The number of hydrogen-bond donors (Lipinski definition) is 1. The molecule has 0 aliphatic heterocycles. The number of halogens is 3. The minimum Gasteiger partial charge on any atom is -0.489 e. The van der Waals surface area contributed by atoms with Crippen LogP contribution in [0.3, 0.4) is 0 Å². The van der Waals surface area contributed by atoms with Crippen LogP contribution in [-0.4, -0.2) is 0 Å². The van der Waals surface area contributed by atoms with E-state index in [2.05, 4.69) is 0 Å². The normalized spacial score (nSPS) is 10.5. The standard InChI is InChI=1S/C14H12ClF2NO/c15-12-5-9(7-18)1-2-10(12)8-19-11-3-4-13(16)14(17)6-11/h1-6H,7-8,18H2. The van der Waals surface area contributed by atoms with E-state index in [9.17, 15) is 8.78 Å². The monoisotopic (exact) mass is 283 g/mol. The molecule has 2 aromatic rings. The number of hydrogen-bond acceptors (Lipinski definition) is 2. The highest BCUT2D eigenvalue weighted by molar-refractivity contribution is 6.31. The number of nitrogens with two attached hydrogens (primary N) is 1. The molecule has 2 N–H and O–H groups in total. The highest BCUT2D eigenvalue weighted by atomic mass is 35.5. The molecule has 5 heteroatoms. The smallest absolute Gasteiger partial charge is 0.162 e. The number of rotatable bonds is 4. The van der Waals surface area contributed by atoms with Gasteiger partial charge in [0.1, 0.15) is 12.4 Å². The first-order chi connectivity index (χ1) is 9.10. The lowest BCUT2D eigenvalue weighted by molar-refractivity contribution is 0.303. The molecule has 0 saturated heterocycles. The van der Waals surface area contributed by atoms with E-state index < -0.39 is 11.6 Å². The van der Waals surface area contributed by atoms with Gasteiger partial charge in [-0.1, -0.05) is 23.7 Å². The third-order valence-electron chi connectivity index (χ3n) is 2.64. The van der Waals surface area contributed by atoms with Gasteiger partial charge in [-0.15, -0.1) is 0 Å². The minimum absolute atomic E-state index is 0.175. The molecule has 0 aliphatic carbocycles. The molecule has 0 atom stereocenters. The topological polar surface area (TPSA) is 35.2 Å². The number of benzene rings is 2. The molecular weight excluding hydrogens is 272 g/mol. The van der Waals surface area contributed by atoms with Gasteiger partial charge in [-0.05, 0) is 23.8 Å². The highest BCUT2D eigenvalue weighted by Crippen LogP contribution is 2.21. The average Bonchev–Trinajstić information content (AvgIpc) is 2.41. The summed E-state index contributed by atoms with van der Waals surface area (Å²) in [5, 5.41) is 0.533. The van der Waals surface area contributed by atoms with Crippen molar-refractivity contribution in [2.24, 2.45) is 5.73 Å². The second-order valence-electron chi connectivity index (χ2n) is 3.99. The van der Waals surface area contributed by atoms with Gasteiger partial charge in [0.05, 0.1) is 0 Å². The Bertz CT molecular complexity index is 590. The van der Waals surface area contributed by atoms with Crippen molar-refractivity contribution < 1.29 is 13.5 Å². The molecule has 0 unspecified atom stereocenters. The fourth-order valence-electron chi connectivity index (χ4n) is 1.56. The van der Waals surface area contributed by atoms with Gasteiger partial charge in [-0.2, -0.15) is 0 Å². The molecule has 0 saturated carbocycles. The van der Waals surface area contributed by atoms with Crippen LogP contribution in [0.1, 0.15) is 11.1 Å². The van der Waals surface area contributed by atoms with Gasteiger partial charge in [0.15, 0.2) is 11.6 Å². The maximum atomic E-state index is 13.0. The minimum atomic E-state index is -0.943. The second kappa shape index (κ2) is 5.99. The lowest BCUT2D eigenvalue weighted by Gasteiger charge is -2.09. The van der Waals surface area contributed by atoms with Gasteiger partial charge in [-0.3, -0.25) is 0 Å². The summed E-state index contributed by atoms with van der Waals surface area (Å²) in [4.78, 5) is 0. The zero-order valence-corrected chi connectivity index (χ0v) is 10.8. The second-order valence-corrected chi connectivity index (χ2v) is 4.40. The Kier molecular flexibility index (Phi) is 4.35. The van der Waals surface area contributed by atoms with E-state index in [4.69, 9.17) is 22.1 Å². The Morgan fingerprint density at radius 2 is 1.84 bits per heavy atom. The summed E-state index contributed by atoms with van der Waals surface area (Å²) in [7, 11) is 0. The predicted molar refractivity (Wildman–Crippen MR) is 70.0 cm³/mol. The summed E-state index contributed by atoms with van der Waals surface area (Å²) in [6.07, 6.45) is 0. The van der Waals surface area contributed by atoms with Gasteiger partial charge in [0.2, 0.25) is 0 Å². The van der Waals surface area contributed by atoms with Gasteiger partial charge < -0.3 is 10.5 Å². The molecule has 0 heterocycles. The Balaban J connectivity index is 2.07. The van der Waals surface area contributed by atoms with Crippen molar-refractivity contribution >= 4 is 11.6 Å². The fraction of sp³-hybridized carbons (Fsp3) is 0.143. The van der Waals surface area contributed by atoms with Gasteiger partial charge in [-0.25, -0.2) is 8.78 Å². The van der Waals surface area contributed by atoms with Crippen molar-refractivity contribution in [3.63, 3.8) is 0 Å². The Hall–Kier alpha value is -1.65. The molecule has 0 bridgehead atoms. The molecule has 0 spiro atoms. The van der Waals surface area contributed by atoms with Crippen molar-refractivity contribution in [1.82, 2.24) is 0 Å². The number of ether oxygens (including phenoxy) is 1. The van der Waals surface area contributed by atoms with Crippen LogP contribution < -0.4 is 10.5 Å². The van der Waals surface area contributed by atoms with Crippen LogP contribution >= 0.6 is 11.6 Å². The molecule has 2 rings (SSSR count). The Morgan fingerprint density at radius 3 is 2.47 bits per heavy atom. The lowest BCUT2D eigenvalue weighted by atomic mass is 10.1. The van der Waals surface area contributed by atoms with E-state index in [1.54, 1.807) is 12.1 Å². The van der Waals surface area contributed by atoms with Crippen LogP contribution in [-0.2, 0) is 13.2 Å². The predicted octanol–water partition coefficient (Wildman–Crippen LogP) is 3.66. The third-order valence-corrected chi connectivity index (χ3v) is 2.99. The molecule has 0 radical (unpaired) electrons. The largest absolute Gasteiger partial charge is 0.489 e. The summed E-state index contributed by atoms with van der Waals surface area (Å²) in [6.45, 7) is 0.582. The van der Waals surface area contributed by atoms with Crippen LogP contribution in [0.25, 0.3) is 0 Å². The summed E-state index contributed by atoms with van der Waals surface area (Å²) >= 11 is 6.06. The summed E-state index contributed by atoms with van der Waals surface area (Å²) in [5.74, 6) is -1.60. The van der Waals surface area contributed by atoms with E-state index >= 15 is 0 Å². The maximum absolute atomic E-state index is 13.0. The van der Waals surface area contributed by atoms with Crippen LogP contribution in [0.2, 0.25) is 5.02 Å². The SMILES string of the molecule is NCc1ccc(COc2ccc(F)c(F)c2)c(Cl)c1. The first-order valence-electron chi connectivity index (χ1n) is 5.65. The molecule has 2 aromatic carbocycles. The zero-order valence-electron chi connectivity index (χ0n) is 10.00. The molecule has 0 aliphatic rings. The van der Waals surface area contributed by atoms with E-state index in [1.807, 2.05) is 6.07 Å². The molecule has 100 valence electrons. The van der Waals surface area contributed by atoms with Crippen molar-refractivity contribution in [3.05, 3.63) is 64.2 Å². The first kappa shape index (κ1) is 13.8. The van der Waals surface area contributed by atoms with Crippen molar-refractivity contribution in [3.8, 4) is 5.75 Å². The maximum Gasteiger partial charge on any atom is 0.162 e. The Labute approximate surface area is 114 Å².